The van der Waals surface area contributed by atoms with Gasteiger partial charge in [0, 0.05) is 33.0 Å². The van der Waals surface area contributed by atoms with Crippen molar-refractivity contribution in [3.05, 3.63) is 120 Å². The molecule has 2 aromatic heterocycles. The number of hydrogen-bond acceptors (Lipinski definition) is 6. The molecule has 0 amide bonds. The van der Waals surface area contributed by atoms with Crippen LogP contribution in [0, 0.1) is 10.8 Å². The maximum Gasteiger partial charge on any atom is 0.164 e. The first kappa shape index (κ1) is 18.5. The zero-order valence-corrected chi connectivity index (χ0v) is 21.3. The minimum Gasteiger partial charge on any atom is -0.456 e. The van der Waals surface area contributed by atoms with E-state index in [0.29, 0.717) is 27.9 Å². The summed E-state index contributed by atoms with van der Waals surface area (Å²) in [7, 11) is 0. The third-order valence-corrected chi connectivity index (χ3v) is 7.26. The number of para-hydroxylation sites is 1. The number of nitrogens with one attached hydrogen (secondary N) is 2. The van der Waals surface area contributed by atoms with Crippen molar-refractivity contribution in [2.45, 2.75) is 0 Å². The van der Waals surface area contributed by atoms with Gasteiger partial charge in [-0.05, 0) is 40.6 Å². The van der Waals surface area contributed by atoms with E-state index in [1.807, 2.05) is 78.9 Å². The molecule has 0 spiro atoms. The van der Waals surface area contributed by atoms with Gasteiger partial charge in [0.2, 0.25) is 0 Å². The van der Waals surface area contributed by atoms with Gasteiger partial charge in [-0.15, -0.1) is 0 Å². The van der Waals surface area contributed by atoms with Crippen molar-refractivity contribution in [3.63, 3.8) is 0 Å². The molecule has 5 aromatic carbocycles. The van der Waals surface area contributed by atoms with Gasteiger partial charge < -0.3 is 4.42 Å². The summed E-state index contributed by atoms with van der Waals surface area (Å²) in [5.74, 6) is 0.370. The van der Waals surface area contributed by atoms with Gasteiger partial charge >= 0.3 is 0 Å². The van der Waals surface area contributed by atoms with E-state index in [1.165, 1.54) is 0 Å². The summed E-state index contributed by atoms with van der Waals surface area (Å²) < 4.78 is 48.1. The summed E-state index contributed by atoms with van der Waals surface area (Å²) >= 11 is 0. The van der Waals surface area contributed by atoms with Gasteiger partial charge in [-0.1, -0.05) is 90.9 Å². The van der Waals surface area contributed by atoms with Crippen LogP contribution in [0.2, 0.25) is 0 Å². The lowest BCUT2D eigenvalue weighted by atomic mass is 9.88. The second-order valence-corrected chi connectivity index (χ2v) is 9.67. The van der Waals surface area contributed by atoms with Gasteiger partial charge in [-0.25, -0.2) is 15.0 Å². The minimum atomic E-state index is -0.510. The summed E-state index contributed by atoms with van der Waals surface area (Å²) in [5.41, 5.74) is 4.02. The second-order valence-electron chi connectivity index (χ2n) is 9.67. The van der Waals surface area contributed by atoms with Gasteiger partial charge in [0.05, 0.1) is 18.3 Å². The van der Waals surface area contributed by atoms with Crippen LogP contribution in [-0.2, 0) is 0 Å². The first-order chi connectivity index (χ1) is 22.2. The number of aromatic nitrogens is 3. The molecule has 7 aromatic rings. The van der Waals surface area contributed by atoms with Crippen LogP contribution >= 0.6 is 0 Å². The highest BCUT2D eigenvalue weighted by molar-refractivity contribution is 6.53. The average molecular weight is 533 g/mol. The molecule has 0 unspecified atom stereocenters. The third-order valence-electron chi connectivity index (χ3n) is 7.26. The van der Waals surface area contributed by atoms with Crippen LogP contribution in [0.4, 0.5) is 0 Å². The molecule has 2 heterocycles. The van der Waals surface area contributed by atoms with Gasteiger partial charge in [-0.2, -0.15) is 0 Å². The predicted molar refractivity (Wildman–Crippen MR) is 165 cm³/mol. The van der Waals surface area contributed by atoms with Gasteiger partial charge in [-0.3, -0.25) is 10.8 Å². The zero-order valence-electron chi connectivity index (χ0n) is 26.3. The first-order valence-electron chi connectivity index (χ1n) is 15.4. The molecule has 0 bridgehead atoms. The Morgan fingerprint density at radius 3 is 2.29 bits per heavy atom. The lowest BCUT2D eigenvalue weighted by Crippen LogP contribution is -2.16. The van der Waals surface area contributed by atoms with E-state index in [4.69, 9.17) is 37.0 Å². The number of furan rings is 1. The zero-order chi connectivity index (χ0) is 31.9. The number of rotatable bonds is 3. The van der Waals surface area contributed by atoms with Gasteiger partial charge in [0.25, 0.3) is 0 Å². The smallest absolute Gasteiger partial charge is 0.164 e. The van der Waals surface area contributed by atoms with E-state index in [0.717, 1.165) is 27.1 Å². The molecule has 0 saturated carbocycles. The lowest BCUT2D eigenvalue weighted by molar-refractivity contribution is 0.669. The highest BCUT2D eigenvalue weighted by atomic mass is 16.3. The largest absolute Gasteiger partial charge is 0.456 e. The molecule has 0 saturated heterocycles. The summed E-state index contributed by atoms with van der Waals surface area (Å²) in [4.78, 5) is 14.3. The Kier molecular flexibility index (Phi) is 4.02. The number of benzene rings is 5. The molecule has 6 heteroatoms. The molecular weight excluding hydrogens is 506 g/mol. The Morgan fingerprint density at radius 1 is 0.659 bits per heavy atom. The fraction of sp³-hybridized carbons (Fsp3) is 0. The van der Waals surface area contributed by atoms with Crippen LogP contribution < -0.4 is 0 Å². The van der Waals surface area contributed by atoms with E-state index < -0.39 is 30.2 Å². The molecule has 0 fully saturated rings. The summed E-state index contributed by atoms with van der Waals surface area (Å²) in [5, 5.41) is 20.1. The molecule has 192 valence electrons. The van der Waals surface area contributed by atoms with Gasteiger partial charge in [0.1, 0.15) is 11.2 Å². The minimum absolute atomic E-state index is 0.0746. The van der Waals surface area contributed by atoms with Crippen molar-refractivity contribution in [2.75, 3.05) is 0 Å². The lowest BCUT2D eigenvalue weighted by Gasteiger charge is -2.16. The van der Waals surface area contributed by atoms with Crippen molar-refractivity contribution in [3.8, 4) is 34.2 Å². The molecule has 0 aliphatic heterocycles. The maximum absolute atomic E-state index is 8.65. The normalized spacial score (nSPS) is 14.6. The number of nitrogens with zero attached hydrogens (tertiary/aromatic N) is 3. The van der Waals surface area contributed by atoms with Crippen LogP contribution in [0.1, 0.15) is 18.0 Å². The highest BCUT2D eigenvalue weighted by Crippen LogP contribution is 2.37. The van der Waals surface area contributed by atoms with Gasteiger partial charge in [0.15, 0.2) is 17.5 Å². The second kappa shape index (κ2) is 8.89. The van der Waals surface area contributed by atoms with E-state index in [1.54, 1.807) is 6.08 Å². The van der Waals surface area contributed by atoms with Crippen molar-refractivity contribution >= 4 is 50.2 Å². The van der Waals surface area contributed by atoms with Crippen LogP contribution in [0.3, 0.4) is 0 Å². The van der Waals surface area contributed by atoms with Crippen LogP contribution in [0.25, 0.3) is 73.0 Å². The van der Waals surface area contributed by atoms with E-state index >= 15 is 0 Å². The first-order valence-corrected chi connectivity index (χ1v) is 12.9. The topological polar surface area (TPSA) is 99.5 Å². The van der Waals surface area contributed by atoms with E-state index in [2.05, 4.69) is 0 Å². The van der Waals surface area contributed by atoms with Crippen molar-refractivity contribution in [2.24, 2.45) is 0 Å². The molecule has 8 rings (SSSR count). The third kappa shape index (κ3) is 3.69. The molecule has 2 N–H and O–H groups in total. The van der Waals surface area contributed by atoms with Crippen LogP contribution in [0.15, 0.2) is 114 Å². The molecule has 6 nitrogen and oxygen atoms in total. The predicted octanol–water partition coefficient (Wildman–Crippen LogP) is 8.34. The SMILES string of the molecule is [2H]c1c([2H])c([2H])c(-c2nc(-c3ccc4ccc5c(c4c3)C(=N)C(=N)C=C5)nc(-c3cccc4oc5ccccc5c34)n2)c([2H])c1[2H]. The molecular formula is C35H21N5O. The Balaban J connectivity index is 1.44. The fourth-order valence-corrected chi connectivity index (χ4v) is 5.34. The van der Waals surface area contributed by atoms with Crippen molar-refractivity contribution < 1.29 is 11.3 Å². The van der Waals surface area contributed by atoms with E-state index in [9.17, 15) is 0 Å². The Labute approximate surface area is 241 Å². The fourth-order valence-electron chi connectivity index (χ4n) is 5.34. The molecule has 0 atom stereocenters. The average Bonchev–Trinajstić information content (AvgIpc) is 3.46. The van der Waals surface area contributed by atoms with Crippen LogP contribution in [0.5, 0.6) is 0 Å². The Bertz CT molecular complexity index is 2510. The molecule has 1 aliphatic carbocycles. The standard InChI is InChI=1S/C35H21N5O/c36-27-18-17-21-15-13-20-14-16-23(19-26(20)30(21)32(27)37)34-38-33(22-7-2-1-3-8-22)39-35(40-34)25-10-6-12-29-31(25)24-9-4-5-11-28(24)41-29/h1-19,36-37H/i1D,2D,3D,7D,8D. The number of hydrogen-bond donors (Lipinski definition) is 2. The summed E-state index contributed by atoms with van der Waals surface area (Å²) in [6.07, 6.45) is 3.42. The number of allylic oxidation sites excluding steroid dienone is 1. The molecule has 1 aliphatic rings. The van der Waals surface area contributed by atoms with E-state index in [-0.39, 0.29) is 34.5 Å². The highest BCUT2D eigenvalue weighted by Gasteiger charge is 2.20. The monoisotopic (exact) mass is 532 g/mol. The quantitative estimate of drug-likeness (QED) is 0.239. The number of fused-ring (bicyclic) bond motifs is 6. The molecule has 0 radical (unpaired) electrons. The maximum atomic E-state index is 8.65. The Hall–Kier alpha value is -5.75. The van der Waals surface area contributed by atoms with Crippen LogP contribution in [-0.4, -0.2) is 26.4 Å². The summed E-state index contributed by atoms with van der Waals surface area (Å²) in [6.45, 7) is 0. The van der Waals surface area contributed by atoms with Crippen molar-refractivity contribution in [1.29, 1.82) is 10.8 Å². The van der Waals surface area contributed by atoms with Crippen molar-refractivity contribution in [1.82, 2.24) is 15.0 Å². The summed E-state index contributed by atoms with van der Waals surface area (Å²) in [6, 6.07) is 20.2. The molecule has 41 heavy (non-hydrogen) atoms. The Morgan fingerprint density at radius 2 is 1.41 bits per heavy atom.